The number of hydrazine groups is 1. The highest BCUT2D eigenvalue weighted by Gasteiger charge is 2.11. The second kappa shape index (κ2) is 10.3. The number of nitrogens with zero attached hydrogens (tertiary/aromatic N) is 2. The van der Waals surface area contributed by atoms with Gasteiger partial charge in [0.05, 0.1) is 12.6 Å². The Balaban J connectivity index is 2.01. The number of hydrogen-bond donors (Lipinski definition) is 4. The number of benzene rings is 2. The van der Waals surface area contributed by atoms with Gasteiger partial charge in [-0.15, -0.1) is 0 Å². The van der Waals surface area contributed by atoms with Gasteiger partial charge in [-0.25, -0.2) is 15.8 Å². The molecule has 0 unspecified atom stereocenters. The highest BCUT2D eigenvalue weighted by Crippen LogP contribution is 2.27. The maximum Gasteiger partial charge on any atom is 0.157 e. The van der Waals surface area contributed by atoms with Crippen molar-refractivity contribution in [2.45, 2.75) is 20.3 Å². The number of anilines is 1. The van der Waals surface area contributed by atoms with Crippen LogP contribution >= 0.6 is 0 Å². The molecule has 0 atom stereocenters. The molecule has 0 aliphatic carbocycles. The summed E-state index contributed by atoms with van der Waals surface area (Å²) >= 11 is 0. The number of ether oxygens (including phenoxy) is 1. The van der Waals surface area contributed by atoms with Crippen molar-refractivity contribution < 1.29 is 4.74 Å². The fourth-order valence-electron chi connectivity index (χ4n) is 3.11. The van der Waals surface area contributed by atoms with E-state index in [0.29, 0.717) is 23.9 Å². The Morgan fingerprint density at radius 2 is 2.00 bits per heavy atom. The lowest BCUT2D eigenvalue weighted by atomic mass is 10.1. The molecule has 0 amide bonds. The highest BCUT2D eigenvalue weighted by molar-refractivity contribution is 5.91. The Morgan fingerprint density at radius 3 is 2.71 bits per heavy atom. The van der Waals surface area contributed by atoms with Crippen molar-refractivity contribution in [3.8, 4) is 5.75 Å². The predicted octanol–water partition coefficient (Wildman–Crippen LogP) is 3.78. The van der Waals surface area contributed by atoms with Gasteiger partial charge in [-0.1, -0.05) is 35.9 Å². The van der Waals surface area contributed by atoms with Crippen LogP contribution in [0.2, 0.25) is 0 Å². The Labute approximate surface area is 182 Å². The van der Waals surface area contributed by atoms with Crippen LogP contribution < -0.4 is 27.1 Å². The fourth-order valence-corrected chi connectivity index (χ4v) is 3.11. The minimum Gasteiger partial charge on any atom is -0.497 e. The van der Waals surface area contributed by atoms with Crippen molar-refractivity contribution >= 4 is 22.3 Å². The number of fused-ring (bicyclic) bond motifs is 1. The van der Waals surface area contributed by atoms with E-state index in [1.807, 2.05) is 43.3 Å². The summed E-state index contributed by atoms with van der Waals surface area (Å²) in [5.41, 5.74) is 12.3. The number of nitrogens with two attached hydrogens (primary N) is 2. The summed E-state index contributed by atoms with van der Waals surface area (Å²) in [4.78, 5) is 9.41. The Kier molecular flexibility index (Phi) is 7.24. The summed E-state index contributed by atoms with van der Waals surface area (Å²) < 4.78 is 5.38. The second-order valence-corrected chi connectivity index (χ2v) is 7.09. The molecule has 2 aromatic carbocycles. The third kappa shape index (κ3) is 5.61. The molecule has 3 aromatic rings. The minimum atomic E-state index is 0.591. The molecule has 0 aliphatic rings. The Bertz CT molecular complexity index is 1150. The van der Waals surface area contributed by atoms with Crippen LogP contribution in [0.4, 0.5) is 5.82 Å². The average Bonchev–Trinajstić information content (AvgIpc) is 2.79. The standard InChI is InChI=1S/C24H28N6O/c1-16-6-4-8-18(14-16)9-12-22(30-26)28-24-20-15-19(31-3)10-11-21(20)27-23(29-24)17(2)7-5-13-25/h4-8,10-15,30H,9,25-26H2,1-3H3,(H,27,28,29)/b13-5-,17-7+,22-12-. The number of rotatable bonds is 8. The van der Waals surface area contributed by atoms with E-state index in [4.69, 9.17) is 21.3 Å². The third-order valence-electron chi connectivity index (χ3n) is 4.75. The molecule has 0 bridgehead atoms. The number of aromatic nitrogens is 2. The molecule has 1 aromatic heterocycles. The summed E-state index contributed by atoms with van der Waals surface area (Å²) in [6, 6.07) is 14.0. The van der Waals surface area contributed by atoms with Crippen LogP contribution in [0.5, 0.6) is 5.75 Å². The van der Waals surface area contributed by atoms with Gasteiger partial charge in [0.1, 0.15) is 17.4 Å². The first kappa shape index (κ1) is 21.9. The predicted molar refractivity (Wildman–Crippen MR) is 127 cm³/mol. The molecule has 3 rings (SSSR count). The third-order valence-corrected chi connectivity index (χ3v) is 4.75. The second-order valence-electron chi connectivity index (χ2n) is 7.09. The summed E-state index contributed by atoms with van der Waals surface area (Å²) in [6.45, 7) is 4.01. The lowest BCUT2D eigenvalue weighted by Gasteiger charge is -2.14. The van der Waals surface area contributed by atoms with E-state index in [1.165, 1.54) is 17.3 Å². The van der Waals surface area contributed by atoms with Crippen LogP contribution in [0.1, 0.15) is 23.9 Å². The first-order chi connectivity index (χ1) is 15.0. The molecule has 0 spiro atoms. The normalized spacial score (nSPS) is 12.4. The molecule has 7 heteroatoms. The minimum absolute atomic E-state index is 0.591. The lowest BCUT2D eigenvalue weighted by Crippen LogP contribution is -2.27. The van der Waals surface area contributed by atoms with Crippen molar-refractivity contribution in [2.24, 2.45) is 11.6 Å². The van der Waals surface area contributed by atoms with Gasteiger partial charge < -0.3 is 21.2 Å². The van der Waals surface area contributed by atoms with Crippen LogP contribution in [0.15, 0.2) is 72.7 Å². The molecule has 7 nitrogen and oxygen atoms in total. The van der Waals surface area contributed by atoms with E-state index in [1.54, 1.807) is 13.2 Å². The molecule has 6 N–H and O–H groups in total. The fraction of sp³-hybridized carbons (Fsp3) is 0.167. The molecule has 0 fully saturated rings. The first-order valence-electron chi connectivity index (χ1n) is 9.94. The summed E-state index contributed by atoms with van der Waals surface area (Å²) in [5.74, 6) is 8.36. The smallest absolute Gasteiger partial charge is 0.157 e. The van der Waals surface area contributed by atoms with Gasteiger partial charge >= 0.3 is 0 Å². The monoisotopic (exact) mass is 416 g/mol. The average molecular weight is 417 g/mol. The zero-order valence-electron chi connectivity index (χ0n) is 18.0. The number of allylic oxidation sites excluding steroid dienone is 4. The van der Waals surface area contributed by atoms with Gasteiger partial charge in [0.15, 0.2) is 5.82 Å². The van der Waals surface area contributed by atoms with Gasteiger partial charge in [0.25, 0.3) is 0 Å². The maximum absolute atomic E-state index is 5.80. The van der Waals surface area contributed by atoms with Crippen molar-refractivity contribution in [1.29, 1.82) is 0 Å². The summed E-state index contributed by atoms with van der Waals surface area (Å²) in [5, 5.41) is 4.13. The van der Waals surface area contributed by atoms with Crippen molar-refractivity contribution in [1.82, 2.24) is 15.4 Å². The molecular weight excluding hydrogens is 388 g/mol. The van der Waals surface area contributed by atoms with Crippen LogP contribution in [0, 0.1) is 6.92 Å². The van der Waals surface area contributed by atoms with Crippen molar-refractivity contribution in [2.75, 3.05) is 12.4 Å². The van der Waals surface area contributed by atoms with Crippen molar-refractivity contribution in [3.05, 3.63) is 89.7 Å². The molecule has 0 saturated carbocycles. The highest BCUT2D eigenvalue weighted by atomic mass is 16.5. The Hall–Kier alpha value is -3.84. The van der Waals surface area contributed by atoms with Gasteiger partial charge in [-0.2, -0.15) is 0 Å². The summed E-state index contributed by atoms with van der Waals surface area (Å²) in [6.07, 6.45) is 7.79. The quantitative estimate of drug-likeness (QED) is 0.251. The zero-order chi connectivity index (χ0) is 22.2. The van der Waals surface area contributed by atoms with Gasteiger partial charge in [-0.05, 0) is 68.0 Å². The van der Waals surface area contributed by atoms with E-state index in [2.05, 4.69) is 40.8 Å². The number of nitrogens with one attached hydrogen (secondary N) is 2. The first-order valence-corrected chi connectivity index (χ1v) is 9.94. The van der Waals surface area contributed by atoms with Crippen LogP contribution in [-0.2, 0) is 6.42 Å². The molecule has 0 radical (unpaired) electrons. The van der Waals surface area contributed by atoms with E-state index in [9.17, 15) is 0 Å². The number of methoxy groups -OCH3 is 1. The van der Waals surface area contributed by atoms with Gasteiger partial charge in [0, 0.05) is 5.39 Å². The molecular formula is C24H28N6O. The molecule has 1 heterocycles. The van der Waals surface area contributed by atoms with Crippen LogP contribution in [-0.4, -0.2) is 17.1 Å². The molecule has 0 aliphatic heterocycles. The van der Waals surface area contributed by atoms with Crippen LogP contribution in [0.3, 0.4) is 0 Å². The largest absolute Gasteiger partial charge is 0.497 e. The lowest BCUT2D eigenvalue weighted by molar-refractivity contribution is 0.415. The molecule has 0 saturated heterocycles. The van der Waals surface area contributed by atoms with Gasteiger partial charge in [-0.3, -0.25) is 0 Å². The van der Waals surface area contributed by atoms with Gasteiger partial charge in [0.2, 0.25) is 0 Å². The summed E-state index contributed by atoms with van der Waals surface area (Å²) in [7, 11) is 1.63. The topological polar surface area (TPSA) is 111 Å². The Morgan fingerprint density at radius 1 is 1.16 bits per heavy atom. The number of hydrogen-bond acceptors (Lipinski definition) is 7. The molecule has 31 heavy (non-hydrogen) atoms. The maximum atomic E-state index is 5.80. The van der Waals surface area contributed by atoms with E-state index >= 15 is 0 Å². The van der Waals surface area contributed by atoms with Crippen LogP contribution in [0.25, 0.3) is 16.5 Å². The number of aryl methyl sites for hydroxylation is 1. The van der Waals surface area contributed by atoms with E-state index < -0.39 is 0 Å². The molecule has 160 valence electrons. The SMILES string of the molecule is COc1ccc2nc(/C(C)=C/C=C\N)nc(N/C(=C/Cc3cccc(C)c3)NN)c2c1. The van der Waals surface area contributed by atoms with E-state index in [-0.39, 0.29) is 0 Å². The zero-order valence-corrected chi connectivity index (χ0v) is 18.0. The van der Waals surface area contributed by atoms with E-state index in [0.717, 1.165) is 22.2 Å². The van der Waals surface area contributed by atoms with Crippen molar-refractivity contribution in [3.63, 3.8) is 0 Å².